The summed E-state index contributed by atoms with van der Waals surface area (Å²) in [7, 11) is 1.75. The highest BCUT2D eigenvalue weighted by Crippen LogP contribution is 2.86. The van der Waals surface area contributed by atoms with Crippen LogP contribution in [0.25, 0.3) is 0 Å². The van der Waals surface area contributed by atoms with Crippen molar-refractivity contribution in [3.8, 4) is 5.75 Å². The molecular formula is C21H26O2. The maximum Gasteiger partial charge on any atom is 0.139 e. The maximum absolute atomic E-state index is 12.8. The van der Waals surface area contributed by atoms with E-state index in [2.05, 4.69) is 32.0 Å². The van der Waals surface area contributed by atoms with Gasteiger partial charge in [-0.1, -0.05) is 19.9 Å². The monoisotopic (exact) mass is 310 g/mol. The van der Waals surface area contributed by atoms with E-state index in [1.165, 1.54) is 24.8 Å². The van der Waals surface area contributed by atoms with Crippen LogP contribution in [0.4, 0.5) is 0 Å². The molecule has 0 amide bonds. The lowest BCUT2D eigenvalue weighted by molar-refractivity contribution is -0.132. The van der Waals surface area contributed by atoms with Gasteiger partial charge in [-0.3, -0.25) is 4.79 Å². The van der Waals surface area contributed by atoms with Crippen molar-refractivity contribution in [3.05, 3.63) is 29.3 Å². The number of fused-ring (bicyclic) bond motifs is 3. The molecule has 0 unspecified atom stereocenters. The fourth-order valence-corrected chi connectivity index (χ4v) is 7.21. The number of rotatable bonds is 1. The van der Waals surface area contributed by atoms with Gasteiger partial charge in [0.15, 0.2) is 0 Å². The highest BCUT2D eigenvalue weighted by molar-refractivity contribution is 5.91. The molecule has 1 aromatic carbocycles. The van der Waals surface area contributed by atoms with E-state index < -0.39 is 0 Å². The Morgan fingerprint density at radius 3 is 2.83 bits per heavy atom. The van der Waals surface area contributed by atoms with Crippen molar-refractivity contribution >= 4 is 5.78 Å². The summed E-state index contributed by atoms with van der Waals surface area (Å²) in [4.78, 5) is 12.8. The van der Waals surface area contributed by atoms with Crippen LogP contribution in [0.1, 0.15) is 63.0 Å². The molecule has 0 bridgehead atoms. The van der Waals surface area contributed by atoms with Gasteiger partial charge in [0.2, 0.25) is 0 Å². The SMILES string of the molecule is COc1ccc2c(c1)CC[C@@H]1[C@@H]2CC[C@]2(C)C(=O)C[C@]3(C)C[C@@]132. The quantitative estimate of drug-likeness (QED) is 0.763. The summed E-state index contributed by atoms with van der Waals surface area (Å²) in [5.41, 5.74) is 3.60. The van der Waals surface area contributed by atoms with Crippen LogP contribution in [0, 0.1) is 22.2 Å². The van der Waals surface area contributed by atoms with Gasteiger partial charge >= 0.3 is 0 Å². The average Bonchev–Trinajstić information content (AvgIpc) is 3.11. The number of aryl methyl sites for hydroxylation is 1. The van der Waals surface area contributed by atoms with E-state index in [0.29, 0.717) is 28.4 Å². The summed E-state index contributed by atoms with van der Waals surface area (Å²) in [5.74, 6) is 2.91. The number of benzene rings is 1. The number of ether oxygens (including phenoxy) is 1. The van der Waals surface area contributed by atoms with E-state index in [1.807, 2.05) is 0 Å². The van der Waals surface area contributed by atoms with Crippen LogP contribution in [0.15, 0.2) is 18.2 Å². The smallest absolute Gasteiger partial charge is 0.139 e. The minimum absolute atomic E-state index is 0.0348. The molecule has 0 radical (unpaired) electrons. The van der Waals surface area contributed by atoms with Crippen LogP contribution in [-0.2, 0) is 11.2 Å². The molecule has 0 heterocycles. The van der Waals surface area contributed by atoms with E-state index >= 15 is 0 Å². The van der Waals surface area contributed by atoms with Crippen LogP contribution in [0.5, 0.6) is 5.75 Å². The first-order valence-electron chi connectivity index (χ1n) is 9.15. The summed E-state index contributed by atoms with van der Waals surface area (Å²) < 4.78 is 5.42. The van der Waals surface area contributed by atoms with Gasteiger partial charge in [-0.2, -0.15) is 0 Å². The summed E-state index contributed by atoms with van der Waals surface area (Å²) >= 11 is 0. The molecule has 0 saturated heterocycles. The molecule has 4 aliphatic carbocycles. The zero-order valence-electron chi connectivity index (χ0n) is 14.4. The van der Waals surface area contributed by atoms with Crippen LogP contribution in [0.3, 0.4) is 0 Å². The molecule has 122 valence electrons. The standard InChI is InChI=1S/C21H26O2/c1-19-11-18(22)20(2)9-8-16-15-6-5-14(23-3)10-13(15)4-7-17(16)21(19,20)12-19/h5-6,10,16-17H,4,7-9,11-12H2,1-3H3/t16-,17-,19-,20-,21-/m1/s1. The van der Waals surface area contributed by atoms with Crippen molar-refractivity contribution in [2.24, 2.45) is 22.2 Å². The van der Waals surface area contributed by atoms with E-state index in [1.54, 1.807) is 12.7 Å². The van der Waals surface area contributed by atoms with Gasteiger partial charge in [-0.25, -0.2) is 0 Å². The van der Waals surface area contributed by atoms with E-state index in [9.17, 15) is 4.79 Å². The summed E-state index contributed by atoms with van der Waals surface area (Å²) in [5, 5.41) is 0. The Morgan fingerprint density at radius 1 is 1.22 bits per heavy atom. The van der Waals surface area contributed by atoms with E-state index in [4.69, 9.17) is 4.74 Å². The second kappa shape index (κ2) is 4.02. The number of Topliss-reactive ketones (excluding diaryl/α,β-unsaturated/α-hetero) is 1. The normalized spacial score (nSPS) is 46.5. The van der Waals surface area contributed by atoms with Crippen molar-refractivity contribution in [3.63, 3.8) is 0 Å². The molecule has 0 N–H and O–H groups in total. The Labute approximate surface area is 138 Å². The largest absolute Gasteiger partial charge is 0.497 e. The lowest BCUT2D eigenvalue weighted by atomic mass is 9.52. The number of ketones is 1. The number of methoxy groups -OCH3 is 1. The summed E-state index contributed by atoms with van der Waals surface area (Å²) in [6.07, 6.45) is 6.80. The molecule has 5 atom stereocenters. The topological polar surface area (TPSA) is 26.3 Å². The number of carbonyl (C=O) groups excluding carboxylic acids is 1. The fraction of sp³-hybridized carbons (Fsp3) is 0.667. The second-order valence-electron chi connectivity index (χ2n) is 9.00. The summed E-state index contributed by atoms with van der Waals surface area (Å²) in [6.45, 7) is 4.69. The van der Waals surface area contributed by atoms with Gasteiger partial charge < -0.3 is 4.74 Å². The Balaban J connectivity index is 1.60. The third kappa shape index (κ3) is 1.41. The van der Waals surface area contributed by atoms with Gasteiger partial charge in [0.25, 0.3) is 0 Å². The molecular weight excluding hydrogens is 284 g/mol. The predicted octanol–water partition coefficient (Wildman–Crippen LogP) is 4.51. The lowest BCUT2D eigenvalue weighted by Crippen LogP contribution is -2.46. The molecule has 1 spiro atoms. The van der Waals surface area contributed by atoms with Gasteiger partial charge in [0.1, 0.15) is 11.5 Å². The lowest BCUT2D eigenvalue weighted by Gasteiger charge is -2.51. The molecule has 0 aliphatic heterocycles. The zero-order chi connectivity index (χ0) is 16.0. The molecule has 2 heteroatoms. The van der Waals surface area contributed by atoms with Crippen molar-refractivity contribution in [2.75, 3.05) is 7.11 Å². The fourth-order valence-electron chi connectivity index (χ4n) is 7.21. The van der Waals surface area contributed by atoms with Crippen molar-refractivity contribution in [1.29, 1.82) is 0 Å². The molecule has 0 aromatic heterocycles. The van der Waals surface area contributed by atoms with Crippen molar-refractivity contribution < 1.29 is 9.53 Å². The Hall–Kier alpha value is -1.31. The highest BCUT2D eigenvalue weighted by Gasteiger charge is 2.82. The maximum atomic E-state index is 12.8. The third-order valence-electron chi connectivity index (χ3n) is 8.32. The molecule has 2 nitrogen and oxygen atoms in total. The first-order valence-corrected chi connectivity index (χ1v) is 9.15. The van der Waals surface area contributed by atoms with Crippen LogP contribution in [0.2, 0.25) is 0 Å². The highest BCUT2D eigenvalue weighted by atomic mass is 16.5. The average molecular weight is 310 g/mol. The minimum Gasteiger partial charge on any atom is -0.497 e. The summed E-state index contributed by atoms with van der Waals surface area (Å²) in [6, 6.07) is 6.67. The van der Waals surface area contributed by atoms with Crippen LogP contribution >= 0.6 is 0 Å². The molecule has 23 heavy (non-hydrogen) atoms. The van der Waals surface area contributed by atoms with Crippen LogP contribution in [-0.4, -0.2) is 12.9 Å². The Bertz CT molecular complexity index is 723. The first kappa shape index (κ1) is 14.1. The van der Waals surface area contributed by atoms with Crippen LogP contribution < -0.4 is 4.74 Å². The van der Waals surface area contributed by atoms with Crippen molar-refractivity contribution in [1.82, 2.24) is 0 Å². The molecule has 4 aliphatic rings. The second-order valence-corrected chi connectivity index (χ2v) is 9.00. The third-order valence-corrected chi connectivity index (χ3v) is 8.32. The van der Waals surface area contributed by atoms with Gasteiger partial charge in [0.05, 0.1) is 7.11 Å². The van der Waals surface area contributed by atoms with Gasteiger partial charge in [0, 0.05) is 11.8 Å². The molecule has 1 aromatic rings. The van der Waals surface area contributed by atoms with Gasteiger partial charge in [-0.05, 0) is 78.0 Å². The zero-order valence-corrected chi connectivity index (χ0v) is 14.4. The first-order chi connectivity index (χ1) is 11.0. The van der Waals surface area contributed by atoms with E-state index in [0.717, 1.165) is 25.0 Å². The van der Waals surface area contributed by atoms with Crippen molar-refractivity contribution in [2.45, 2.75) is 58.3 Å². The molecule has 3 saturated carbocycles. The predicted molar refractivity (Wildman–Crippen MR) is 89.7 cm³/mol. The number of hydrogen-bond acceptors (Lipinski definition) is 2. The van der Waals surface area contributed by atoms with Gasteiger partial charge in [-0.15, -0.1) is 0 Å². The number of carbonyl (C=O) groups is 1. The molecule has 3 fully saturated rings. The minimum atomic E-state index is -0.0348. The number of hydrogen-bond donors (Lipinski definition) is 0. The van der Waals surface area contributed by atoms with E-state index in [-0.39, 0.29) is 5.41 Å². The molecule has 5 rings (SSSR count). The Morgan fingerprint density at radius 2 is 2.04 bits per heavy atom. The Kier molecular flexibility index (Phi) is 2.46.